The van der Waals surface area contributed by atoms with E-state index in [9.17, 15) is 8.42 Å². The van der Waals surface area contributed by atoms with Crippen molar-refractivity contribution >= 4 is 21.1 Å². The molecule has 1 aromatic heterocycles. The summed E-state index contributed by atoms with van der Waals surface area (Å²) in [5.41, 5.74) is 2.51. The molecule has 1 atom stereocenters. The Bertz CT molecular complexity index is 1350. The van der Waals surface area contributed by atoms with Crippen LogP contribution in [0.5, 0.6) is 11.5 Å². The Hall–Kier alpha value is -3.36. The molecule has 0 aliphatic carbocycles. The molecule has 8 heteroatoms. The summed E-state index contributed by atoms with van der Waals surface area (Å²) in [6.45, 7) is 4.55. The minimum Gasteiger partial charge on any atom is -0.490 e. The van der Waals surface area contributed by atoms with Crippen molar-refractivity contribution in [3.8, 4) is 11.5 Å². The van der Waals surface area contributed by atoms with E-state index in [2.05, 4.69) is 4.72 Å². The normalized spacial score (nSPS) is 12.6. The summed E-state index contributed by atoms with van der Waals surface area (Å²) in [6.07, 6.45) is 0. The molecule has 33 heavy (non-hydrogen) atoms. The van der Waals surface area contributed by atoms with Crippen molar-refractivity contribution in [2.24, 2.45) is 7.05 Å². The van der Waals surface area contributed by atoms with Crippen molar-refractivity contribution in [1.29, 1.82) is 0 Å². The van der Waals surface area contributed by atoms with E-state index in [0.29, 0.717) is 30.5 Å². The molecule has 0 bridgehead atoms. The van der Waals surface area contributed by atoms with Gasteiger partial charge in [0.15, 0.2) is 11.5 Å². The number of rotatable bonds is 9. The van der Waals surface area contributed by atoms with E-state index < -0.39 is 16.1 Å². The van der Waals surface area contributed by atoms with Crippen molar-refractivity contribution < 1.29 is 17.9 Å². The summed E-state index contributed by atoms with van der Waals surface area (Å²) in [5, 5.41) is 0. The van der Waals surface area contributed by atoms with Crippen molar-refractivity contribution in [3.05, 3.63) is 84.2 Å². The number of imidazole rings is 1. The molecule has 0 aliphatic heterocycles. The summed E-state index contributed by atoms with van der Waals surface area (Å²) in [4.78, 5) is 4.84. The highest BCUT2D eigenvalue weighted by atomic mass is 32.2. The molecule has 0 radical (unpaired) electrons. The standard InChI is InChI=1S/C25H27N3O4S/c1-4-31-22-16-15-19(17-23(22)32-5-2)33(29,30)27-24(18-11-7-6-8-12-18)25-26-20-13-9-10-14-21(20)28(25)3/h6-17,24,27H,4-5H2,1-3H3. The minimum absolute atomic E-state index is 0.0918. The lowest BCUT2D eigenvalue weighted by Gasteiger charge is -2.20. The van der Waals surface area contributed by atoms with Gasteiger partial charge in [0.1, 0.15) is 11.9 Å². The van der Waals surface area contributed by atoms with Gasteiger partial charge in [-0.15, -0.1) is 0 Å². The monoisotopic (exact) mass is 465 g/mol. The zero-order valence-corrected chi connectivity index (χ0v) is 19.7. The van der Waals surface area contributed by atoms with E-state index in [1.807, 2.05) is 80.1 Å². The van der Waals surface area contributed by atoms with Crippen LogP contribution in [0.1, 0.15) is 31.3 Å². The van der Waals surface area contributed by atoms with Crippen LogP contribution in [-0.2, 0) is 17.1 Å². The average Bonchev–Trinajstić information content (AvgIpc) is 3.16. The Morgan fingerprint density at radius 2 is 1.58 bits per heavy atom. The summed E-state index contributed by atoms with van der Waals surface area (Å²) >= 11 is 0. The van der Waals surface area contributed by atoms with Gasteiger partial charge in [-0.3, -0.25) is 0 Å². The molecule has 0 spiro atoms. The van der Waals surface area contributed by atoms with Gasteiger partial charge in [0.25, 0.3) is 0 Å². The van der Waals surface area contributed by atoms with Gasteiger partial charge in [-0.1, -0.05) is 42.5 Å². The zero-order valence-electron chi connectivity index (χ0n) is 18.9. The Balaban J connectivity index is 1.78. The van der Waals surface area contributed by atoms with Crippen molar-refractivity contribution in [3.63, 3.8) is 0 Å². The lowest BCUT2D eigenvalue weighted by molar-refractivity contribution is 0.287. The second kappa shape index (κ2) is 9.64. The Labute approximate surface area is 194 Å². The van der Waals surface area contributed by atoms with Gasteiger partial charge < -0.3 is 14.0 Å². The molecule has 172 valence electrons. The van der Waals surface area contributed by atoms with Crippen LogP contribution in [0.25, 0.3) is 11.0 Å². The first-order chi connectivity index (χ1) is 15.9. The molecule has 3 aromatic carbocycles. The number of benzene rings is 3. The van der Waals surface area contributed by atoms with Crippen LogP contribution in [-0.4, -0.2) is 31.2 Å². The maximum absolute atomic E-state index is 13.5. The van der Waals surface area contributed by atoms with E-state index in [1.54, 1.807) is 6.07 Å². The van der Waals surface area contributed by atoms with E-state index >= 15 is 0 Å². The highest BCUT2D eigenvalue weighted by molar-refractivity contribution is 7.89. The molecular weight excluding hydrogens is 438 g/mol. The van der Waals surface area contributed by atoms with E-state index in [4.69, 9.17) is 14.5 Å². The number of sulfonamides is 1. The largest absolute Gasteiger partial charge is 0.490 e. The lowest BCUT2D eigenvalue weighted by atomic mass is 10.1. The first kappa shape index (κ1) is 22.8. The number of aromatic nitrogens is 2. The fourth-order valence-electron chi connectivity index (χ4n) is 3.76. The van der Waals surface area contributed by atoms with Crippen LogP contribution in [0.4, 0.5) is 0 Å². The zero-order chi connectivity index (χ0) is 23.4. The first-order valence-electron chi connectivity index (χ1n) is 10.8. The van der Waals surface area contributed by atoms with Crippen LogP contribution in [0.15, 0.2) is 77.7 Å². The number of hydrogen-bond donors (Lipinski definition) is 1. The molecule has 4 rings (SSSR count). The third-order valence-electron chi connectivity index (χ3n) is 5.31. The van der Waals surface area contributed by atoms with Crippen molar-refractivity contribution in [2.45, 2.75) is 24.8 Å². The van der Waals surface area contributed by atoms with Crippen LogP contribution in [0.3, 0.4) is 0 Å². The van der Waals surface area contributed by atoms with Gasteiger partial charge in [-0.25, -0.2) is 13.4 Å². The molecular formula is C25H27N3O4S. The average molecular weight is 466 g/mol. The van der Waals surface area contributed by atoms with Crippen molar-refractivity contribution in [2.75, 3.05) is 13.2 Å². The number of aryl methyl sites for hydroxylation is 1. The van der Waals surface area contributed by atoms with Gasteiger partial charge in [-0.2, -0.15) is 4.72 Å². The van der Waals surface area contributed by atoms with Crippen LogP contribution in [0.2, 0.25) is 0 Å². The highest BCUT2D eigenvalue weighted by Gasteiger charge is 2.27. The topological polar surface area (TPSA) is 82.5 Å². The number of ether oxygens (including phenoxy) is 2. The predicted octanol–water partition coefficient (Wildman–Crippen LogP) is 4.44. The number of para-hydroxylation sites is 2. The Kier molecular flexibility index (Phi) is 6.67. The maximum atomic E-state index is 13.5. The second-order valence-electron chi connectivity index (χ2n) is 7.46. The summed E-state index contributed by atoms with van der Waals surface area (Å²) < 4.78 is 43.0. The fraction of sp³-hybridized carbons (Fsp3) is 0.240. The Morgan fingerprint density at radius 3 is 2.27 bits per heavy atom. The first-order valence-corrected chi connectivity index (χ1v) is 12.3. The van der Waals surface area contributed by atoms with Gasteiger partial charge in [0.05, 0.1) is 29.1 Å². The van der Waals surface area contributed by atoms with E-state index in [1.165, 1.54) is 12.1 Å². The van der Waals surface area contributed by atoms with Gasteiger partial charge in [-0.05, 0) is 43.7 Å². The van der Waals surface area contributed by atoms with Gasteiger partial charge >= 0.3 is 0 Å². The van der Waals surface area contributed by atoms with Gasteiger partial charge in [0, 0.05) is 13.1 Å². The number of fused-ring (bicyclic) bond motifs is 1. The molecule has 7 nitrogen and oxygen atoms in total. The van der Waals surface area contributed by atoms with E-state index in [0.717, 1.165) is 16.6 Å². The number of nitrogens with zero attached hydrogens (tertiary/aromatic N) is 2. The lowest BCUT2D eigenvalue weighted by Crippen LogP contribution is -2.31. The third kappa shape index (κ3) is 4.72. The molecule has 1 N–H and O–H groups in total. The van der Waals surface area contributed by atoms with Crippen LogP contribution in [0, 0.1) is 0 Å². The SMILES string of the molecule is CCOc1ccc(S(=O)(=O)NC(c2ccccc2)c2nc3ccccc3n2C)cc1OCC. The second-order valence-corrected chi connectivity index (χ2v) is 9.17. The predicted molar refractivity (Wildman–Crippen MR) is 128 cm³/mol. The fourth-order valence-corrected chi connectivity index (χ4v) is 4.96. The molecule has 0 saturated heterocycles. The molecule has 0 amide bonds. The Morgan fingerprint density at radius 1 is 0.909 bits per heavy atom. The van der Waals surface area contributed by atoms with Gasteiger partial charge in [0.2, 0.25) is 10.0 Å². The maximum Gasteiger partial charge on any atom is 0.241 e. The summed E-state index contributed by atoms with van der Waals surface area (Å²) in [6, 6.07) is 21.1. The van der Waals surface area contributed by atoms with Crippen molar-refractivity contribution in [1.82, 2.24) is 14.3 Å². The van der Waals surface area contributed by atoms with E-state index in [-0.39, 0.29) is 4.90 Å². The number of hydrogen-bond acceptors (Lipinski definition) is 5. The smallest absolute Gasteiger partial charge is 0.241 e. The van der Waals surface area contributed by atoms with Crippen LogP contribution >= 0.6 is 0 Å². The summed E-state index contributed by atoms with van der Waals surface area (Å²) in [5.74, 6) is 1.50. The minimum atomic E-state index is -3.92. The molecule has 0 fully saturated rings. The molecule has 4 aromatic rings. The van der Waals surface area contributed by atoms with Crippen LogP contribution < -0.4 is 14.2 Å². The third-order valence-corrected chi connectivity index (χ3v) is 6.73. The quantitative estimate of drug-likeness (QED) is 0.395. The number of nitrogens with one attached hydrogen (secondary N) is 1. The summed E-state index contributed by atoms with van der Waals surface area (Å²) in [7, 11) is -2.03. The molecule has 1 unspecified atom stereocenters. The molecule has 0 aliphatic rings. The highest BCUT2D eigenvalue weighted by Crippen LogP contribution is 2.32. The molecule has 1 heterocycles. The molecule has 0 saturated carbocycles.